The number of rotatable bonds is 10. The number of carbonyl (C=O) groups is 4. The van der Waals surface area contributed by atoms with Crippen molar-refractivity contribution in [3.63, 3.8) is 0 Å². The smallest absolute Gasteiger partial charge is 0.338 e. The predicted molar refractivity (Wildman–Crippen MR) is 245 cm³/mol. The summed E-state index contributed by atoms with van der Waals surface area (Å²) in [6, 6.07) is 36.9. The molecule has 8 rings (SSSR count). The molecule has 328 valence electrons. The second-order valence-electron chi connectivity index (χ2n) is 14.6. The van der Waals surface area contributed by atoms with Gasteiger partial charge in [-0.05, 0) is 91.7 Å². The number of nitrogens with two attached hydrogens (primary N) is 2. The van der Waals surface area contributed by atoms with E-state index < -0.39 is 23.8 Å². The van der Waals surface area contributed by atoms with E-state index in [1.807, 2.05) is 26.0 Å². The first-order valence-corrected chi connectivity index (χ1v) is 20.0. The van der Waals surface area contributed by atoms with Crippen molar-refractivity contribution in [3.8, 4) is 79.8 Å². The molecule has 0 spiro atoms. The van der Waals surface area contributed by atoms with E-state index in [1.54, 1.807) is 121 Å². The molecule has 0 fully saturated rings. The van der Waals surface area contributed by atoms with Crippen LogP contribution in [0.2, 0.25) is 0 Å². The second kappa shape index (κ2) is 19.5. The molecule has 0 radical (unpaired) electrons. The largest absolute Gasteiger partial charge is 0.507 e. The van der Waals surface area contributed by atoms with Crippen LogP contribution in [0.1, 0.15) is 52.6 Å². The molecule has 16 nitrogen and oxygen atoms in total. The fourth-order valence-electron chi connectivity index (χ4n) is 6.57. The molecule has 6 N–H and O–H groups in total. The Bertz CT molecular complexity index is 3070. The Morgan fingerprint density at radius 3 is 1.15 bits per heavy atom. The Balaban J connectivity index is 0.000000197. The minimum absolute atomic E-state index is 0.0189. The lowest BCUT2D eigenvalue weighted by Gasteiger charge is -2.11. The molecule has 0 aliphatic rings. The van der Waals surface area contributed by atoms with E-state index in [4.69, 9.17) is 20.9 Å². The van der Waals surface area contributed by atoms with E-state index in [0.29, 0.717) is 73.1 Å². The summed E-state index contributed by atoms with van der Waals surface area (Å²) in [5.74, 6) is -0.254. The lowest BCUT2D eigenvalue weighted by atomic mass is 10.1. The van der Waals surface area contributed by atoms with Gasteiger partial charge in [0, 0.05) is 33.4 Å². The summed E-state index contributed by atoms with van der Waals surface area (Å²) >= 11 is 0. The van der Waals surface area contributed by atoms with E-state index in [9.17, 15) is 29.4 Å². The topological polar surface area (TPSA) is 257 Å². The van der Waals surface area contributed by atoms with Crippen LogP contribution >= 0.6 is 0 Å². The van der Waals surface area contributed by atoms with Crippen LogP contribution in [0.5, 0.6) is 11.5 Å². The van der Waals surface area contributed by atoms with Crippen molar-refractivity contribution in [2.75, 3.05) is 14.2 Å². The van der Waals surface area contributed by atoms with Gasteiger partial charge in [-0.25, -0.2) is 39.5 Å². The van der Waals surface area contributed by atoms with Crippen LogP contribution in [0, 0.1) is 13.8 Å². The van der Waals surface area contributed by atoms with Gasteiger partial charge in [-0.1, -0.05) is 66.7 Å². The fourth-order valence-corrected chi connectivity index (χ4v) is 6.57. The maximum Gasteiger partial charge on any atom is 0.338 e. The van der Waals surface area contributed by atoms with Crippen molar-refractivity contribution in [3.05, 3.63) is 167 Å². The highest BCUT2D eigenvalue weighted by Crippen LogP contribution is 2.33. The van der Waals surface area contributed by atoms with Crippen LogP contribution in [0.25, 0.3) is 68.3 Å². The SMILES string of the molecule is COC(=O)c1ccc(-c2nc(-c3ccc(C)cc3O)nc(-c3ccccc3C(=O)OC)n2)cc1.Cc1ccc(-c2nc(-c3ccc(C(N)=O)cc3)nc(-c3ccc(C(N)=O)cc3)n2)c(O)c1. The van der Waals surface area contributed by atoms with Crippen molar-refractivity contribution in [1.82, 2.24) is 29.9 Å². The molecule has 6 aromatic carbocycles. The number of aromatic hydroxyl groups is 2. The Morgan fingerprint density at radius 2 is 0.773 bits per heavy atom. The molecule has 16 heteroatoms. The van der Waals surface area contributed by atoms with Gasteiger partial charge < -0.3 is 31.2 Å². The number of carbonyl (C=O) groups excluding carboxylic acids is 4. The molecular formula is C50H40N8O8. The number of aryl methyl sites for hydroxylation is 2. The number of amides is 2. The van der Waals surface area contributed by atoms with Gasteiger partial charge in [0.15, 0.2) is 34.9 Å². The number of hydrogen-bond donors (Lipinski definition) is 4. The summed E-state index contributed by atoms with van der Waals surface area (Å²) in [6.07, 6.45) is 0. The molecule has 2 aromatic heterocycles. The van der Waals surface area contributed by atoms with Crippen LogP contribution in [0.15, 0.2) is 133 Å². The maximum atomic E-state index is 12.4. The number of methoxy groups -OCH3 is 2. The summed E-state index contributed by atoms with van der Waals surface area (Å²) in [5.41, 5.74) is 17.0. The molecule has 0 atom stereocenters. The number of aromatic nitrogens is 6. The van der Waals surface area contributed by atoms with E-state index in [0.717, 1.165) is 11.1 Å². The first-order valence-electron chi connectivity index (χ1n) is 20.0. The van der Waals surface area contributed by atoms with Crippen molar-refractivity contribution in [2.24, 2.45) is 11.5 Å². The van der Waals surface area contributed by atoms with Crippen LogP contribution < -0.4 is 11.5 Å². The molecule has 0 saturated heterocycles. The zero-order chi connectivity index (χ0) is 47.1. The standard InChI is InChI=1S/C26H21N3O5.C24H19N5O3/c1-15-8-13-20(21(30)14-15)24-28-22(16-9-11-17(12-10-16)25(31)33-2)27-23(29-24)18-6-4-5-7-19(18)26(32)34-3;1-13-2-11-18(19(30)12-13)24-28-22(16-7-3-14(4-8-16)20(25)31)27-23(29-24)17-9-5-15(6-10-17)21(26)32/h4-14,30H,1-3H3;2-12,30H,1H3,(H2,25,31)(H2,26,32). The molecule has 0 saturated carbocycles. The zero-order valence-electron chi connectivity index (χ0n) is 35.9. The molecule has 0 aliphatic heterocycles. The normalized spacial score (nSPS) is 10.6. The maximum absolute atomic E-state index is 12.4. The van der Waals surface area contributed by atoms with Gasteiger partial charge in [0.1, 0.15) is 11.5 Å². The van der Waals surface area contributed by atoms with Crippen LogP contribution in [0.4, 0.5) is 0 Å². The van der Waals surface area contributed by atoms with E-state index in [1.165, 1.54) is 14.2 Å². The fraction of sp³-hybridized carbons (Fsp3) is 0.0800. The zero-order valence-corrected chi connectivity index (χ0v) is 35.9. The lowest BCUT2D eigenvalue weighted by Crippen LogP contribution is -2.10. The number of ether oxygens (including phenoxy) is 2. The number of phenolic OH excluding ortho intramolecular Hbond substituents is 2. The first-order chi connectivity index (χ1) is 31.7. The number of phenols is 2. The molecule has 0 bridgehead atoms. The third kappa shape index (κ3) is 10.0. The van der Waals surface area contributed by atoms with Gasteiger partial charge in [0.2, 0.25) is 11.8 Å². The Hall–Kier alpha value is -9.18. The van der Waals surface area contributed by atoms with Gasteiger partial charge in [-0.3, -0.25) is 9.59 Å². The molecule has 0 aliphatic carbocycles. The van der Waals surface area contributed by atoms with Crippen molar-refractivity contribution < 1.29 is 38.9 Å². The summed E-state index contributed by atoms with van der Waals surface area (Å²) in [5, 5.41) is 21.0. The van der Waals surface area contributed by atoms with Crippen LogP contribution in [0.3, 0.4) is 0 Å². The third-order valence-corrected chi connectivity index (χ3v) is 10.1. The van der Waals surface area contributed by atoms with Gasteiger partial charge >= 0.3 is 11.9 Å². The number of primary amides is 2. The second-order valence-corrected chi connectivity index (χ2v) is 14.6. The van der Waals surface area contributed by atoms with Crippen molar-refractivity contribution in [1.29, 1.82) is 0 Å². The van der Waals surface area contributed by atoms with Crippen molar-refractivity contribution in [2.45, 2.75) is 13.8 Å². The average Bonchev–Trinajstić information content (AvgIpc) is 3.33. The summed E-state index contributed by atoms with van der Waals surface area (Å²) in [7, 11) is 2.62. The Kier molecular flexibility index (Phi) is 13.2. The van der Waals surface area contributed by atoms with Crippen molar-refractivity contribution >= 4 is 23.8 Å². The van der Waals surface area contributed by atoms with E-state index in [2.05, 4.69) is 29.9 Å². The number of benzene rings is 6. The molecular weight excluding hydrogens is 841 g/mol. The quantitative estimate of drug-likeness (QED) is 0.0968. The predicted octanol–water partition coefficient (Wildman–Crippen LogP) is 7.54. The van der Waals surface area contributed by atoms with Crippen LogP contribution in [-0.2, 0) is 9.47 Å². The molecule has 2 heterocycles. The number of hydrogen-bond acceptors (Lipinski definition) is 14. The minimum atomic E-state index is -0.535. The summed E-state index contributed by atoms with van der Waals surface area (Å²) in [6.45, 7) is 3.73. The lowest BCUT2D eigenvalue weighted by molar-refractivity contribution is 0.0592. The average molecular weight is 881 g/mol. The van der Waals surface area contributed by atoms with Gasteiger partial charge in [-0.2, -0.15) is 0 Å². The highest BCUT2D eigenvalue weighted by molar-refractivity contribution is 5.97. The number of esters is 2. The molecule has 2 amide bonds. The number of nitrogens with zero attached hydrogens (tertiary/aromatic N) is 6. The van der Waals surface area contributed by atoms with E-state index in [-0.39, 0.29) is 29.0 Å². The Morgan fingerprint density at radius 1 is 0.424 bits per heavy atom. The molecule has 66 heavy (non-hydrogen) atoms. The van der Waals surface area contributed by atoms with Gasteiger partial charge in [0.05, 0.1) is 36.5 Å². The Labute approximate surface area is 377 Å². The molecule has 8 aromatic rings. The third-order valence-electron chi connectivity index (χ3n) is 10.1. The van der Waals surface area contributed by atoms with Crippen LogP contribution in [-0.4, -0.2) is 78.1 Å². The highest BCUT2D eigenvalue weighted by atomic mass is 16.5. The highest BCUT2D eigenvalue weighted by Gasteiger charge is 2.20. The minimum Gasteiger partial charge on any atom is -0.507 e. The van der Waals surface area contributed by atoms with Gasteiger partial charge in [0.25, 0.3) is 0 Å². The summed E-state index contributed by atoms with van der Waals surface area (Å²) in [4.78, 5) is 74.3. The van der Waals surface area contributed by atoms with Gasteiger partial charge in [-0.15, -0.1) is 0 Å². The first kappa shape index (κ1) is 44.9. The summed E-state index contributed by atoms with van der Waals surface area (Å²) < 4.78 is 9.67. The van der Waals surface area contributed by atoms with E-state index >= 15 is 0 Å². The monoisotopic (exact) mass is 880 g/mol. The molecule has 0 unspecified atom stereocenters.